The van der Waals surface area contributed by atoms with Crippen LogP contribution >= 0.6 is 15.9 Å². The molecule has 2 aromatic carbocycles. The second-order valence-corrected chi connectivity index (χ2v) is 5.59. The van der Waals surface area contributed by atoms with E-state index >= 15 is 0 Å². The Morgan fingerprint density at radius 3 is 2.70 bits per heavy atom. The van der Waals surface area contributed by atoms with Crippen molar-refractivity contribution in [2.45, 2.75) is 11.2 Å². The highest BCUT2D eigenvalue weighted by molar-refractivity contribution is 9.09. The molecular formula is C16H14BrNO2. The minimum atomic E-state index is 0.103. The van der Waals surface area contributed by atoms with Gasteiger partial charge in [-0.15, -0.1) is 0 Å². The summed E-state index contributed by atoms with van der Waals surface area (Å²) in [4.78, 5) is 4.60. The van der Waals surface area contributed by atoms with Crippen LogP contribution in [0, 0.1) is 0 Å². The Bertz CT molecular complexity index is 690. The van der Waals surface area contributed by atoms with Crippen LogP contribution in [0.3, 0.4) is 0 Å². The zero-order valence-electron chi connectivity index (χ0n) is 11.0. The van der Waals surface area contributed by atoms with Crippen molar-refractivity contribution in [1.29, 1.82) is 0 Å². The zero-order chi connectivity index (χ0) is 13.9. The predicted octanol–water partition coefficient (Wildman–Crippen LogP) is 4.52. The maximum absolute atomic E-state index is 5.75. The average molecular weight is 332 g/mol. The van der Waals surface area contributed by atoms with Gasteiger partial charge in [0, 0.05) is 12.0 Å². The lowest BCUT2D eigenvalue weighted by Crippen LogP contribution is -1.98. The van der Waals surface area contributed by atoms with Gasteiger partial charge in [-0.05, 0) is 18.2 Å². The molecule has 102 valence electrons. The third-order valence-corrected chi connectivity index (χ3v) is 3.99. The minimum absolute atomic E-state index is 0.103. The number of fused-ring (bicyclic) bond motifs is 1. The molecule has 3 aromatic rings. The van der Waals surface area contributed by atoms with Gasteiger partial charge in [-0.1, -0.05) is 46.3 Å². The average Bonchev–Trinajstić information content (AvgIpc) is 2.89. The van der Waals surface area contributed by atoms with E-state index in [-0.39, 0.29) is 4.83 Å². The standard InChI is InChI=1S/C16H14BrNO2/c1-19-14-8-4-2-6-11(14)12(17)10-16-18-13-7-3-5-9-15(13)20-16/h2-9,12H,10H2,1H3. The molecule has 20 heavy (non-hydrogen) atoms. The molecule has 0 saturated heterocycles. The predicted molar refractivity (Wildman–Crippen MR) is 82.4 cm³/mol. The van der Waals surface area contributed by atoms with E-state index in [9.17, 15) is 0 Å². The van der Waals surface area contributed by atoms with Gasteiger partial charge in [0.25, 0.3) is 0 Å². The lowest BCUT2D eigenvalue weighted by Gasteiger charge is -2.12. The topological polar surface area (TPSA) is 35.3 Å². The Morgan fingerprint density at radius 2 is 1.90 bits per heavy atom. The van der Waals surface area contributed by atoms with Crippen molar-refractivity contribution in [2.24, 2.45) is 0 Å². The van der Waals surface area contributed by atoms with Crippen LogP contribution in [0.15, 0.2) is 52.9 Å². The fourth-order valence-corrected chi connectivity index (χ4v) is 2.85. The van der Waals surface area contributed by atoms with Crippen molar-refractivity contribution in [3.8, 4) is 5.75 Å². The van der Waals surface area contributed by atoms with E-state index in [2.05, 4.69) is 20.9 Å². The van der Waals surface area contributed by atoms with Gasteiger partial charge in [-0.2, -0.15) is 0 Å². The molecule has 0 aliphatic heterocycles. The summed E-state index contributed by atoms with van der Waals surface area (Å²) in [6.45, 7) is 0. The van der Waals surface area contributed by atoms with Crippen LogP contribution in [-0.2, 0) is 6.42 Å². The first-order chi connectivity index (χ1) is 9.78. The van der Waals surface area contributed by atoms with E-state index in [1.165, 1.54) is 0 Å². The molecule has 1 aromatic heterocycles. The number of para-hydroxylation sites is 3. The van der Waals surface area contributed by atoms with Crippen molar-refractivity contribution < 1.29 is 9.15 Å². The van der Waals surface area contributed by atoms with Crippen LogP contribution in [0.1, 0.15) is 16.3 Å². The minimum Gasteiger partial charge on any atom is -0.496 e. The van der Waals surface area contributed by atoms with Crippen molar-refractivity contribution in [1.82, 2.24) is 4.98 Å². The third kappa shape index (κ3) is 2.56. The highest BCUT2D eigenvalue weighted by atomic mass is 79.9. The summed E-state index contributed by atoms with van der Waals surface area (Å²) in [6.07, 6.45) is 0.676. The van der Waals surface area contributed by atoms with Crippen molar-refractivity contribution in [2.75, 3.05) is 7.11 Å². The second kappa shape index (κ2) is 5.67. The lowest BCUT2D eigenvalue weighted by molar-refractivity contribution is 0.408. The first-order valence-corrected chi connectivity index (χ1v) is 7.31. The molecule has 0 N–H and O–H groups in total. The van der Waals surface area contributed by atoms with Gasteiger partial charge in [-0.3, -0.25) is 0 Å². The Hall–Kier alpha value is -1.81. The number of alkyl halides is 1. The highest BCUT2D eigenvalue weighted by Crippen LogP contribution is 2.33. The summed E-state index contributed by atoms with van der Waals surface area (Å²) in [5, 5.41) is 0. The molecule has 0 aliphatic rings. The van der Waals surface area contributed by atoms with E-state index < -0.39 is 0 Å². The first kappa shape index (κ1) is 13.2. The van der Waals surface area contributed by atoms with Gasteiger partial charge in [0.2, 0.25) is 0 Å². The number of rotatable bonds is 4. The number of halogens is 1. The summed E-state index contributed by atoms with van der Waals surface area (Å²) in [6, 6.07) is 15.7. The number of aromatic nitrogens is 1. The maximum atomic E-state index is 5.75. The number of nitrogens with zero attached hydrogens (tertiary/aromatic N) is 1. The van der Waals surface area contributed by atoms with Crippen molar-refractivity contribution in [3.05, 3.63) is 60.0 Å². The molecule has 1 atom stereocenters. The number of ether oxygens (including phenoxy) is 1. The van der Waals surface area contributed by atoms with Gasteiger partial charge < -0.3 is 9.15 Å². The van der Waals surface area contributed by atoms with Crippen LogP contribution in [0.25, 0.3) is 11.1 Å². The smallest absolute Gasteiger partial charge is 0.196 e. The van der Waals surface area contributed by atoms with Gasteiger partial charge in [0.1, 0.15) is 11.3 Å². The van der Waals surface area contributed by atoms with E-state index in [4.69, 9.17) is 9.15 Å². The number of hydrogen-bond donors (Lipinski definition) is 0. The highest BCUT2D eigenvalue weighted by Gasteiger charge is 2.16. The fourth-order valence-electron chi connectivity index (χ4n) is 2.20. The molecular weight excluding hydrogens is 318 g/mol. The maximum Gasteiger partial charge on any atom is 0.196 e. The van der Waals surface area contributed by atoms with Crippen LogP contribution in [0.2, 0.25) is 0 Å². The first-order valence-electron chi connectivity index (χ1n) is 6.39. The molecule has 0 spiro atoms. The normalized spacial score (nSPS) is 12.5. The number of methoxy groups -OCH3 is 1. The van der Waals surface area contributed by atoms with Gasteiger partial charge in [-0.25, -0.2) is 4.98 Å². The molecule has 3 nitrogen and oxygen atoms in total. The van der Waals surface area contributed by atoms with E-state index in [0.717, 1.165) is 28.3 Å². The fraction of sp³-hybridized carbons (Fsp3) is 0.188. The van der Waals surface area contributed by atoms with E-state index in [1.807, 2.05) is 48.5 Å². The summed E-state index contributed by atoms with van der Waals surface area (Å²) >= 11 is 3.69. The van der Waals surface area contributed by atoms with Crippen LogP contribution in [0.4, 0.5) is 0 Å². The van der Waals surface area contributed by atoms with E-state index in [1.54, 1.807) is 7.11 Å². The zero-order valence-corrected chi connectivity index (χ0v) is 12.6. The summed E-state index contributed by atoms with van der Waals surface area (Å²) in [5.74, 6) is 1.59. The van der Waals surface area contributed by atoms with Crippen molar-refractivity contribution in [3.63, 3.8) is 0 Å². The molecule has 4 heteroatoms. The third-order valence-electron chi connectivity index (χ3n) is 3.17. The van der Waals surface area contributed by atoms with Crippen LogP contribution in [-0.4, -0.2) is 12.1 Å². The number of hydrogen-bond acceptors (Lipinski definition) is 3. The van der Waals surface area contributed by atoms with Crippen LogP contribution in [0.5, 0.6) is 5.75 Å². The Kier molecular flexibility index (Phi) is 3.74. The van der Waals surface area contributed by atoms with E-state index in [0.29, 0.717) is 6.42 Å². The lowest BCUT2D eigenvalue weighted by atomic mass is 10.1. The van der Waals surface area contributed by atoms with Gasteiger partial charge in [0.15, 0.2) is 11.5 Å². The molecule has 1 unspecified atom stereocenters. The molecule has 0 bridgehead atoms. The SMILES string of the molecule is COc1ccccc1C(Br)Cc1nc2ccccc2o1. The molecule has 0 saturated carbocycles. The second-order valence-electron chi connectivity index (χ2n) is 4.49. The summed E-state index contributed by atoms with van der Waals surface area (Å²) in [7, 11) is 1.68. The monoisotopic (exact) mass is 331 g/mol. The Balaban J connectivity index is 1.86. The molecule has 3 rings (SSSR count). The van der Waals surface area contributed by atoms with Gasteiger partial charge >= 0.3 is 0 Å². The number of oxazole rings is 1. The Labute approximate surface area is 125 Å². The molecule has 0 aliphatic carbocycles. The van der Waals surface area contributed by atoms with Crippen molar-refractivity contribution >= 4 is 27.0 Å². The summed E-state index contributed by atoms with van der Waals surface area (Å²) < 4.78 is 11.1. The molecule has 0 radical (unpaired) electrons. The largest absolute Gasteiger partial charge is 0.496 e. The molecule has 0 amide bonds. The molecule has 0 fully saturated rings. The quantitative estimate of drug-likeness (QED) is 0.659. The number of benzene rings is 2. The molecule has 1 heterocycles. The van der Waals surface area contributed by atoms with Crippen LogP contribution < -0.4 is 4.74 Å². The Morgan fingerprint density at radius 1 is 1.15 bits per heavy atom. The van der Waals surface area contributed by atoms with Gasteiger partial charge in [0.05, 0.1) is 11.9 Å². The summed E-state index contributed by atoms with van der Waals surface area (Å²) in [5.41, 5.74) is 2.81.